The fourth-order valence-corrected chi connectivity index (χ4v) is 3.29. The molecule has 0 saturated heterocycles. The third-order valence-corrected chi connectivity index (χ3v) is 5.11. The quantitative estimate of drug-likeness (QED) is 0.636. The van der Waals surface area contributed by atoms with Crippen molar-refractivity contribution in [1.82, 2.24) is 15.1 Å². The van der Waals surface area contributed by atoms with Crippen molar-refractivity contribution >= 4 is 28.8 Å². The maximum atomic E-state index is 12.3. The van der Waals surface area contributed by atoms with Gasteiger partial charge in [0, 0.05) is 12.5 Å². The maximum Gasteiger partial charge on any atom is 0.437 e. The lowest BCUT2D eigenvalue weighted by molar-refractivity contribution is -0.116. The van der Waals surface area contributed by atoms with E-state index in [9.17, 15) is 14.4 Å². The number of rotatable bonds is 7. The Balaban J connectivity index is 1.39. The van der Waals surface area contributed by atoms with Crippen LogP contribution in [0.3, 0.4) is 0 Å². The third kappa shape index (κ3) is 4.20. The molecule has 4 rings (SSSR count). The van der Waals surface area contributed by atoms with Crippen LogP contribution in [0.25, 0.3) is 10.8 Å². The molecule has 28 heavy (non-hydrogen) atoms. The smallest absolute Gasteiger partial charge is 0.387 e. The van der Waals surface area contributed by atoms with E-state index in [1.807, 2.05) is 11.4 Å². The zero-order chi connectivity index (χ0) is 19.5. The van der Waals surface area contributed by atoms with E-state index < -0.39 is 5.76 Å². The average Bonchev–Trinajstić information content (AvgIpc) is 3.18. The predicted molar refractivity (Wildman–Crippen MR) is 104 cm³/mol. The van der Waals surface area contributed by atoms with E-state index in [1.165, 1.54) is 11.3 Å². The molecule has 9 heteroatoms. The second-order valence-corrected chi connectivity index (χ2v) is 7.41. The standard InChI is InChI=1S/C19H18N4O4S/c24-16(9-10-23-19(26)27-18(22-23)15-6-3-11-28-15)21-14-5-2-1-4-13(14)17(25)20-12-7-8-12/h1-6,11-12H,7-10H2,(H,20,25)(H,21,24). The molecule has 144 valence electrons. The number of benzene rings is 1. The fraction of sp³-hybridized carbons (Fsp3) is 0.263. The molecular weight excluding hydrogens is 380 g/mol. The molecule has 0 aliphatic heterocycles. The Morgan fingerprint density at radius 1 is 1.21 bits per heavy atom. The van der Waals surface area contributed by atoms with Gasteiger partial charge in [0.05, 0.1) is 22.7 Å². The van der Waals surface area contributed by atoms with Crippen LogP contribution in [0.15, 0.2) is 51.0 Å². The fourth-order valence-electron chi connectivity index (χ4n) is 2.65. The summed E-state index contributed by atoms with van der Waals surface area (Å²) >= 11 is 1.41. The third-order valence-electron chi connectivity index (χ3n) is 4.25. The van der Waals surface area contributed by atoms with Gasteiger partial charge in [0.25, 0.3) is 11.8 Å². The van der Waals surface area contributed by atoms with Crippen LogP contribution in [0.5, 0.6) is 0 Å². The highest BCUT2D eigenvalue weighted by atomic mass is 32.1. The number of carbonyl (C=O) groups is 2. The highest BCUT2D eigenvalue weighted by Gasteiger charge is 2.25. The lowest BCUT2D eigenvalue weighted by Gasteiger charge is -2.11. The molecule has 0 bridgehead atoms. The second kappa shape index (κ2) is 7.81. The van der Waals surface area contributed by atoms with E-state index in [4.69, 9.17) is 4.42 Å². The molecule has 2 heterocycles. The number of nitrogens with one attached hydrogen (secondary N) is 2. The zero-order valence-electron chi connectivity index (χ0n) is 14.9. The summed E-state index contributed by atoms with van der Waals surface area (Å²) in [4.78, 5) is 37.3. The molecule has 8 nitrogen and oxygen atoms in total. The van der Waals surface area contributed by atoms with Crippen LogP contribution in [0, 0.1) is 0 Å². The molecule has 1 saturated carbocycles. The number of carbonyl (C=O) groups excluding carboxylic acids is 2. The molecule has 2 amide bonds. The highest BCUT2D eigenvalue weighted by Crippen LogP contribution is 2.22. The van der Waals surface area contributed by atoms with Crippen molar-refractivity contribution in [2.75, 3.05) is 5.32 Å². The SMILES string of the molecule is O=C(CCn1nc(-c2cccs2)oc1=O)Nc1ccccc1C(=O)NC1CC1. The minimum Gasteiger partial charge on any atom is -0.387 e. The predicted octanol–water partition coefficient (Wildman–Crippen LogP) is 2.49. The van der Waals surface area contributed by atoms with Crippen LogP contribution in [-0.4, -0.2) is 27.6 Å². The van der Waals surface area contributed by atoms with Crippen LogP contribution in [-0.2, 0) is 11.3 Å². The zero-order valence-corrected chi connectivity index (χ0v) is 15.7. The highest BCUT2D eigenvalue weighted by molar-refractivity contribution is 7.13. The Morgan fingerprint density at radius 3 is 2.79 bits per heavy atom. The largest absolute Gasteiger partial charge is 0.437 e. The Morgan fingerprint density at radius 2 is 2.04 bits per heavy atom. The van der Waals surface area contributed by atoms with Gasteiger partial charge in [-0.15, -0.1) is 16.4 Å². The Labute approximate surface area is 164 Å². The molecule has 3 aromatic rings. The van der Waals surface area contributed by atoms with Crippen molar-refractivity contribution in [3.8, 4) is 10.8 Å². The summed E-state index contributed by atoms with van der Waals surface area (Å²) in [5, 5.41) is 11.6. The van der Waals surface area contributed by atoms with Crippen LogP contribution in [0.2, 0.25) is 0 Å². The number of aryl methyl sites for hydroxylation is 1. The monoisotopic (exact) mass is 398 g/mol. The van der Waals surface area contributed by atoms with Crippen molar-refractivity contribution in [3.63, 3.8) is 0 Å². The molecular formula is C19H18N4O4S. The van der Waals surface area contributed by atoms with Gasteiger partial charge in [-0.05, 0) is 36.4 Å². The number of hydrogen-bond donors (Lipinski definition) is 2. The molecule has 1 aromatic carbocycles. The first kappa shape index (κ1) is 18.2. The number of amides is 2. The average molecular weight is 398 g/mol. The van der Waals surface area contributed by atoms with E-state index in [2.05, 4.69) is 15.7 Å². The number of aromatic nitrogens is 2. The van der Waals surface area contributed by atoms with Gasteiger partial charge in [-0.25, -0.2) is 4.79 Å². The normalized spacial score (nSPS) is 13.3. The molecule has 2 N–H and O–H groups in total. The molecule has 1 fully saturated rings. The molecule has 0 unspecified atom stereocenters. The van der Waals surface area contributed by atoms with Gasteiger partial charge in [-0.3, -0.25) is 9.59 Å². The first-order valence-electron chi connectivity index (χ1n) is 8.92. The van der Waals surface area contributed by atoms with E-state index in [1.54, 1.807) is 30.3 Å². The second-order valence-electron chi connectivity index (χ2n) is 6.47. The van der Waals surface area contributed by atoms with Crippen LogP contribution in [0.1, 0.15) is 29.6 Å². The summed E-state index contributed by atoms with van der Waals surface area (Å²) in [6.45, 7) is 0.0793. The number of nitrogens with zero attached hydrogens (tertiary/aromatic N) is 2. The molecule has 1 aliphatic carbocycles. The van der Waals surface area contributed by atoms with Crippen LogP contribution in [0.4, 0.5) is 5.69 Å². The molecule has 0 radical (unpaired) electrons. The van der Waals surface area contributed by atoms with Gasteiger partial charge in [0.2, 0.25) is 5.91 Å². The van der Waals surface area contributed by atoms with Crippen molar-refractivity contribution in [2.24, 2.45) is 0 Å². The number of para-hydroxylation sites is 1. The topological polar surface area (TPSA) is 106 Å². The molecule has 1 aliphatic rings. The molecule has 0 atom stereocenters. The summed E-state index contributed by atoms with van der Waals surface area (Å²) < 4.78 is 6.25. The Bertz CT molecular complexity index is 1050. The molecule has 2 aromatic heterocycles. The van der Waals surface area contributed by atoms with E-state index in [-0.39, 0.29) is 36.7 Å². The van der Waals surface area contributed by atoms with Crippen molar-refractivity contribution in [2.45, 2.75) is 31.8 Å². The van der Waals surface area contributed by atoms with Gasteiger partial charge >= 0.3 is 5.76 Å². The van der Waals surface area contributed by atoms with E-state index >= 15 is 0 Å². The summed E-state index contributed by atoms with van der Waals surface area (Å²) in [6, 6.07) is 10.7. The summed E-state index contributed by atoms with van der Waals surface area (Å²) in [5.41, 5.74) is 0.860. The first-order valence-corrected chi connectivity index (χ1v) is 9.79. The van der Waals surface area contributed by atoms with Gasteiger partial charge in [0.15, 0.2) is 0 Å². The van der Waals surface area contributed by atoms with E-state index in [0.717, 1.165) is 22.4 Å². The van der Waals surface area contributed by atoms with Gasteiger partial charge in [0.1, 0.15) is 0 Å². The maximum absolute atomic E-state index is 12.3. The van der Waals surface area contributed by atoms with Gasteiger partial charge < -0.3 is 15.1 Å². The van der Waals surface area contributed by atoms with Gasteiger partial charge in [-0.1, -0.05) is 18.2 Å². The lowest BCUT2D eigenvalue weighted by atomic mass is 10.1. The van der Waals surface area contributed by atoms with Crippen molar-refractivity contribution in [1.29, 1.82) is 0 Å². The Hall–Kier alpha value is -3.20. The minimum atomic E-state index is -0.611. The van der Waals surface area contributed by atoms with Crippen molar-refractivity contribution < 1.29 is 14.0 Å². The summed E-state index contributed by atoms with van der Waals surface area (Å²) in [7, 11) is 0. The number of thiophene rings is 1. The Kier molecular flexibility index (Phi) is 5.07. The minimum absolute atomic E-state index is 0.0227. The molecule has 0 spiro atoms. The number of hydrogen-bond acceptors (Lipinski definition) is 6. The first-order chi connectivity index (χ1) is 13.6. The van der Waals surface area contributed by atoms with E-state index in [0.29, 0.717) is 11.3 Å². The van der Waals surface area contributed by atoms with Crippen molar-refractivity contribution in [3.05, 3.63) is 57.9 Å². The lowest BCUT2D eigenvalue weighted by Crippen LogP contribution is -2.27. The van der Waals surface area contributed by atoms with Gasteiger partial charge in [-0.2, -0.15) is 4.68 Å². The number of anilines is 1. The van der Waals surface area contributed by atoms with Crippen LogP contribution < -0.4 is 16.4 Å². The summed E-state index contributed by atoms with van der Waals surface area (Å²) in [6.07, 6.45) is 2.00. The van der Waals surface area contributed by atoms with Crippen LogP contribution >= 0.6 is 11.3 Å². The summed E-state index contributed by atoms with van der Waals surface area (Å²) in [5.74, 6) is -0.895.